The molecule has 0 radical (unpaired) electrons. The topological polar surface area (TPSA) is 149 Å². The second-order valence-corrected chi connectivity index (χ2v) is 12.2. The smallest absolute Gasteiger partial charge is 0.407 e. The van der Waals surface area contributed by atoms with E-state index in [4.69, 9.17) is 4.74 Å². The number of piperidine rings is 2. The fourth-order valence-electron chi connectivity index (χ4n) is 5.99. The van der Waals surface area contributed by atoms with Gasteiger partial charge in [-0.05, 0) is 52.2 Å². The molecule has 0 bridgehead atoms. The molecule has 0 saturated carbocycles. The van der Waals surface area contributed by atoms with E-state index in [9.17, 15) is 28.8 Å². The lowest BCUT2D eigenvalue weighted by Crippen LogP contribution is -2.54. The van der Waals surface area contributed by atoms with Crippen molar-refractivity contribution in [3.05, 3.63) is 29.3 Å². The van der Waals surface area contributed by atoms with Gasteiger partial charge < -0.3 is 19.9 Å². The van der Waals surface area contributed by atoms with E-state index in [0.29, 0.717) is 45.0 Å². The number of piperazine rings is 1. The molecule has 5 rings (SSSR count). The first kappa shape index (κ1) is 29.5. The van der Waals surface area contributed by atoms with Crippen molar-refractivity contribution in [1.82, 2.24) is 25.3 Å². The Bertz CT molecular complexity index is 1300. The number of anilines is 1. The molecule has 13 nitrogen and oxygen atoms in total. The number of fused-ring (bicyclic) bond motifs is 1. The Labute approximate surface area is 244 Å². The predicted octanol–water partition coefficient (Wildman–Crippen LogP) is 0.726. The molecule has 3 saturated heterocycles. The van der Waals surface area contributed by atoms with Gasteiger partial charge in [-0.3, -0.25) is 39.1 Å². The van der Waals surface area contributed by atoms with Crippen molar-refractivity contribution >= 4 is 41.3 Å². The molecule has 42 heavy (non-hydrogen) atoms. The Balaban J connectivity index is 1.17. The molecular weight excluding hydrogens is 544 g/mol. The van der Waals surface area contributed by atoms with Crippen molar-refractivity contribution in [2.24, 2.45) is 0 Å². The van der Waals surface area contributed by atoms with Crippen LogP contribution in [-0.4, -0.2) is 114 Å². The molecule has 4 aliphatic heterocycles. The molecule has 226 valence electrons. The SMILES string of the molecule is CC(C)(C)OC(=O)NC1CCCN(C(=O)CN2CCN(c3cccc4c3C(=O)N(C3CCC(=O)NC3=O)C4=O)CC2)C1. The van der Waals surface area contributed by atoms with Crippen molar-refractivity contribution in [1.29, 1.82) is 0 Å². The summed E-state index contributed by atoms with van der Waals surface area (Å²) in [4.78, 5) is 82.8. The first-order valence-electron chi connectivity index (χ1n) is 14.5. The first-order chi connectivity index (χ1) is 19.9. The fourth-order valence-corrected chi connectivity index (χ4v) is 5.99. The summed E-state index contributed by atoms with van der Waals surface area (Å²) in [6.07, 6.45) is 1.26. The van der Waals surface area contributed by atoms with Crippen LogP contribution in [0.3, 0.4) is 0 Å². The summed E-state index contributed by atoms with van der Waals surface area (Å²) in [7, 11) is 0. The summed E-state index contributed by atoms with van der Waals surface area (Å²) < 4.78 is 5.35. The molecular formula is C29H38N6O7. The predicted molar refractivity (Wildman–Crippen MR) is 151 cm³/mol. The maximum atomic E-state index is 13.5. The van der Waals surface area contributed by atoms with E-state index in [2.05, 4.69) is 15.5 Å². The Kier molecular flexibility index (Phi) is 8.22. The summed E-state index contributed by atoms with van der Waals surface area (Å²) in [5, 5.41) is 5.10. The molecule has 4 aliphatic rings. The highest BCUT2D eigenvalue weighted by Crippen LogP contribution is 2.34. The minimum atomic E-state index is -1.01. The maximum Gasteiger partial charge on any atom is 0.407 e. The summed E-state index contributed by atoms with van der Waals surface area (Å²) in [6, 6.07) is 3.93. The van der Waals surface area contributed by atoms with E-state index in [1.807, 2.05) is 25.7 Å². The number of ether oxygens (including phenoxy) is 1. The Hall–Kier alpha value is -4.00. The van der Waals surface area contributed by atoms with Gasteiger partial charge in [0.15, 0.2) is 0 Å². The number of benzene rings is 1. The van der Waals surface area contributed by atoms with Crippen molar-refractivity contribution in [2.75, 3.05) is 50.7 Å². The lowest BCUT2D eigenvalue weighted by molar-refractivity contribution is -0.136. The summed E-state index contributed by atoms with van der Waals surface area (Å²) in [5.41, 5.74) is 0.554. The lowest BCUT2D eigenvalue weighted by atomic mass is 10.0. The quantitative estimate of drug-likeness (QED) is 0.479. The molecule has 2 N–H and O–H groups in total. The first-order valence-corrected chi connectivity index (χ1v) is 14.5. The number of imide groups is 2. The molecule has 0 aliphatic carbocycles. The van der Waals surface area contributed by atoms with Crippen LogP contribution in [0.4, 0.5) is 10.5 Å². The average Bonchev–Trinajstić information content (AvgIpc) is 3.18. The number of carbonyl (C=O) groups is 6. The molecule has 0 aromatic heterocycles. The fraction of sp³-hybridized carbons (Fsp3) is 0.586. The van der Waals surface area contributed by atoms with Gasteiger partial charge in [0.2, 0.25) is 17.7 Å². The number of carbonyl (C=O) groups excluding carboxylic acids is 6. The van der Waals surface area contributed by atoms with E-state index in [-0.39, 0.29) is 42.5 Å². The van der Waals surface area contributed by atoms with Gasteiger partial charge in [-0.1, -0.05) is 6.07 Å². The van der Waals surface area contributed by atoms with Crippen LogP contribution in [0.5, 0.6) is 0 Å². The molecule has 13 heteroatoms. The van der Waals surface area contributed by atoms with E-state index in [0.717, 1.165) is 17.7 Å². The maximum absolute atomic E-state index is 13.5. The van der Waals surface area contributed by atoms with Crippen molar-refractivity contribution < 1.29 is 33.5 Å². The zero-order valence-corrected chi connectivity index (χ0v) is 24.3. The second kappa shape index (κ2) is 11.7. The number of hydrogen-bond acceptors (Lipinski definition) is 9. The van der Waals surface area contributed by atoms with Crippen LogP contribution in [0.1, 0.15) is 67.2 Å². The molecule has 1 aromatic rings. The van der Waals surface area contributed by atoms with Gasteiger partial charge in [-0.25, -0.2) is 4.79 Å². The molecule has 2 atom stereocenters. The summed E-state index contributed by atoms with van der Waals surface area (Å²) >= 11 is 0. The van der Waals surface area contributed by atoms with Crippen LogP contribution >= 0.6 is 0 Å². The van der Waals surface area contributed by atoms with Crippen LogP contribution in [-0.2, 0) is 19.1 Å². The van der Waals surface area contributed by atoms with E-state index in [1.165, 1.54) is 0 Å². The number of nitrogens with zero attached hydrogens (tertiary/aromatic N) is 4. The largest absolute Gasteiger partial charge is 0.444 e. The Morgan fingerprint density at radius 2 is 1.74 bits per heavy atom. The third-order valence-corrected chi connectivity index (χ3v) is 8.01. The second-order valence-electron chi connectivity index (χ2n) is 12.2. The normalized spacial score (nSPS) is 23.5. The molecule has 1 aromatic carbocycles. The van der Waals surface area contributed by atoms with Crippen LogP contribution in [0.2, 0.25) is 0 Å². The third kappa shape index (κ3) is 6.25. The molecule has 0 spiro atoms. The molecule has 4 heterocycles. The lowest BCUT2D eigenvalue weighted by Gasteiger charge is -2.38. The van der Waals surface area contributed by atoms with Crippen LogP contribution < -0.4 is 15.5 Å². The standard InChI is InChI=1S/C29H38N6O7/c1-29(2,3)42-28(41)30-18-6-5-11-34(16-18)23(37)17-32-12-14-33(15-13-32)20-8-4-7-19-24(20)27(40)35(26(19)39)21-9-10-22(36)31-25(21)38/h4,7-8,18,21H,5-6,9-17H2,1-3H3,(H,30,41)(H,31,36,38). The average molecular weight is 583 g/mol. The number of nitrogens with one attached hydrogen (secondary N) is 2. The number of rotatable bonds is 5. The molecule has 2 unspecified atom stereocenters. The number of alkyl carbamates (subject to hydrolysis) is 1. The monoisotopic (exact) mass is 582 g/mol. The van der Waals surface area contributed by atoms with E-state index < -0.39 is 41.4 Å². The van der Waals surface area contributed by atoms with Gasteiger partial charge in [0.1, 0.15) is 11.6 Å². The van der Waals surface area contributed by atoms with Crippen molar-refractivity contribution in [3.63, 3.8) is 0 Å². The van der Waals surface area contributed by atoms with Gasteiger partial charge in [0.25, 0.3) is 11.8 Å². The number of hydrogen-bond donors (Lipinski definition) is 2. The minimum absolute atomic E-state index is 0.000369. The van der Waals surface area contributed by atoms with Gasteiger partial charge in [-0.15, -0.1) is 0 Å². The summed E-state index contributed by atoms with van der Waals surface area (Å²) in [5.74, 6) is -2.11. The zero-order valence-electron chi connectivity index (χ0n) is 24.3. The number of amides is 6. The van der Waals surface area contributed by atoms with Gasteiger partial charge in [0.05, 0.1) is 23.4 Å². The Morgan fingerprint density at radius 1 is 1.00 bits per heavy atom. The number of likely N-dealkylation sites (tertiary alicyclic amines) is 1. The molecule has 6 amide bonds. The highest BCUT2D eigenvalue weighted by Gasteiger charge is 2.46. The van der Waals surface area contributed by atoms with Gasteiger partial charge in [0, 0.05) is 51.7 Å². The van der Waals surface area contributed by atoms with Crippen LogP contribution in [0, 0.1) is 0 Å². The third-order valence-electron chi connectivity index (χ3n) is 8.01. The summed E-state index contributed by atoms with van der Waals surface area (Å²) in [6.45, 7) is 9.02. The van der Waals surface area contributed by atoms with Crippen LogP contribution in [0.25, 0.3) is 0 Å². The van der Waals surface area contributed by atoms with E-state index >= 15 is 0 Å². The van der Waals surface area contributed by atoms with Crippen molar-refractivity contribution in [3.8, 4) is 0 Å². The highest BCUT2D eigenvalue weighted by molar-refractivity contribution is 6.25. The zero-order chi connectivity index (χ0) is 30.2. The van der Waals surface area contributed by atoms with E-state index in [1.54, 1.807) is 23.1 Å². The minimum Gasteiger partial charge on any atom is -0.444 e. The van der Waals surface area contributed by atoms with Gasteiger partial charge >= 0.3 is 6.09 Å². The Morgan fingerprint density at radius 3 is 2.43 bits per heavy atom. The molecule has 3 fully saturated rings. The van der Waals surface area contributed by atoms with Crippen molar-refractivity contribution in [2.45, 2.75) is 64.1 Å². The highest BCUT2D eigenvalue weighted by atomic mass is 16.6. The van der Waals surface area contributed by atoms with Crippen LogP contribution in [0.15, 0.2) is 18.2 Å². The van der Waals surface area contributed by atoms with Gasteiger partial charge in [-0.2, -0.15) is 0 Å².